The van der Waals surface area contributed by atoms with Crippen LogP contribution in [0.2, 0.25) is 0 Å². The maximum Gasteiger partial charge on any atom is 0.125 e. The highest BCUT2D eigenvalue weighted by atomic mass is 16.3. The smallest absolute Gasteiger partial charge is 0.125 e. The Morgan fingerprint density at radius 2 is 2.33 bits per heavy atom. The van der Waals surface area contributed by atoms with Gasteiger partial charge in [0, 0.05) is 26.3 Å². The minimum absolute atomic E-state index is 0.206. The first-order valence-corrected chi connectivity index (χ1v) is 5.26. The molecule has 4 heteroatoms. The van der Waals surface area contributed by atoms with Crippen molar-refractivity contribution in [1.82, 2.24) is 9.88 Å². The summed E-state index contributed by atoms with van der Waals surface area (Å²) in [5, 5.41) is 11.9. The predicted octanol–water partition coefficient (Wildman–Crippen LogP) is 0.937. The third-order valence-corrected chi connectivity index (χ3v) is 2.35. The molecule has 2 N–H and O–H groups in total. The molecule has 0 unspecified atom stereocenters. The molecule has 1 rings (SSSR count). The van der Waals surface area contributed by atoms with E-state index in [1.165, 1.54) is 5.56 Å². The van der Waals surface area contributed by atoms with Crippen LogP contribution < -0.4 is 5.32 Å². The number of aliphatic hydroxyl groups excluding tert-OH is 1. The van der Waals surface area contributed by atoms with Gasteiger partial charge in [-0.1, -0.05) is 6.92 Å². The number of rotatable bonds is 6. The van der Waals surface area contributed by atoms with Crippen molar-refractivity contribution in [2.45, 2.75) is 13.5 Å². The SMILES string of the molecule is CCN(CCO)Cc1ccnc(NC)c1. The summed E-state index contributed by atoms with van der Waals surface area (Å²) >= 11 is 0. The van der Waals surface area contributed by atoms with Gasteiger partial charge in [-0.25, -0.2) is 4.98 Å². The molecule has 0 spiro atoms. The molecule has 0 radical (unpaired) electrons. The second-order valence-corrected chi connectivity index (χ2v) is 3.39. The van der Waals surface area contributed by atoms with Crippen molar-refractivity contribution in [3.8, 4) is 0 Å². The van der Waals surface area contributed by atoms with Crippen molar-refractivity contribution in [2.75, 3.05) is 32.1 Å². The molecule has 0 saturated heterocycles. The van der Waals surface area contributed by atoms with Crippen molar-refractivity contribution < 1.29 is 5.11 Å². The van der Waals surface area contributed by atoms with E-state index in [0.29, 0.717) is 6.54 Å². The Hall–Kier alpha value is -1.13. The Bertz CT molecular complexity index is 291. The molecule has 0 atom stereocenters. The van der Waals surface area contributed by atoms with E-state index in [9.17, 15) is 0 Å². The molecule has 1 heterocycles. The fraction of sp³-hybridized carbons (Fsp3) is 0.545. The molecule has 0 aromatic carbocycles. The maximum absolute atomic E-state index is 8.88. The van der Waals surface area contributed by atoms with Gasteiger partial charge in [-0.3, -0.25) is 4.90 Å². The summed E-state index contributed by atoms with van der Waals surface area (Å²) in [7, 11) is 1.86. The molecule has 0 amide bonds. The first kappa shape index (κ1) is 11.9. The lowest BCUT2D eigenvalue weighted by molar-refractivity contribution is 0.197. The molecular weight excluding hydrogens is 190 g/mol. The number of aliphatic hydroxyl groups is 1. The van der Waals surface area contributed by atoms with Crippen LogP contribution in [0.3, 0.4) is 0 Å². The number of hydrogen-bond acceptors (Lipinski definition) is 4. The minimum Gasteiger partial charge on any atom is -0.395 e. The van der Waals surface area contributed by atoms with Gasteiger partial charge in [-0.15, -0.1) is 0 Å². The van der Waals surface area contributed by atoms with Crippen molar-refractivity contribution in [3.63, 3.8) is 0 Å². The van der Waals surface area contributed by atoms with E-state index >= 15 is 0 Å². The normalized spacial score (nSPS) is 10.7. The molecule has 0 aliphatic carbocycles. The zero-order chi connectivity index (χ0) is 11.1. The Labute approximate surface area is 90.9 Å². The number of hydrogen-bond donors (Lipinski definition) is 2. The molecule has 1 aromatic rings. The molecule has 4 nitrogen and oxygen atoms in total. The quantitative estimate of drug-likeness (QED) is 0.732. The summed E-state index contributed by atoms with van der Waals surface area (Å²) in [6.45, 7) is 4.81. The van der Waals surface area contributed by atoms with Crippen LogP contribution in [0.1, 0.15) is 12.5 Å². The lowest BCUT2D eigenvalue weighted by Gasteiger charge is -2.19. The number of anilines is 1. The molecule has 0 bridgehead atoms. The van der Waals surface area contributed by atoms with Gasteiger partial charge in [-0.05, 0) is 24.2 Å². The Morgan fingerprint density at radius 3 is 2.93 bits per heavy atom. The third-order valence-electron chi connectivity index (χ3n) is 2.35. The highest BCUT2D eigenvalue weighted by Crippen LogP contribution is 2.08. The molecule has 0 saturated carbocycles. The Kier molecular flexibility index (Phi) is 5.07. The fourth-order valence-corrected chi connectivity index (χ4v) is 1.46. The van der Waals surface area contributed by atoms with E-state index in [-0.39, 0.29) is 6.61 Å². The lowest BCUT2D eigenvalue weighted by Crippen LogP contribution is -2.26. The first-order valence-electron chi connectivity index (χ1n) is 5.26. The first-order chi connectivity index (χ1) is 7.30. The number of nitrogens with zero attached hydrogens (tertiary/aromatic N) is 2. The molecular formula is C11H19N3O. The van der Waals surface area contributed by atoms with E-state index in [1.807, 2.05) is 19.2 Å². The van der Waals surface area contributed by atoms with Crippen LogP contribution in [0.25, 0.3) is 0 Å². The van der Waals surface area contributed by atoms with Crippen LogP contribution >= 0.6 is 0 Å². The standard InChI is InChI=1S/C11H19N3O/c1-3-14(6-7-15)9-10-4-5-13-11(8-10)12-2/h4-5,8,15H,3,6-7,9H2,1-2H3,(H,12,13). The molecule has 0 aliphatic heterocycles. The van der Waals surface area contributed by atoms with Gasteiger partial charge >= 0.3 is 0 Å². The van der Waals surface area contributed by atoms with Crippen LogP contribution in [-0.4, -0.2) is 41.7 Å². The van der Waals surface area contributed by atoms with Gasteiger partial charge in [0.05, 0.1) is 6.61 Å². The largest absolute Gasteiger partial charge is 0.395 e. The summed E-state index contributed by atoms with van der Waals surface area (Å²) in [5.74, 6) is 0.882. The fourth-order valence-electron chi connectivity index (χ4n) is 1.46. The van der Waals surface area contributed by atoms with Crippen molar-refractivity contribution >= 4 is 5.82 Å². The van der Waals surface area contributed by atoms with E-state index in [0.717, 1.165) is 18.9 Å². The van der Waals surface area contributed by atoms with Crippen molar-refractivity contribution in [2.24, 2.45) is 0 Å². The summed E-state index contributed by atoms with van der Waals surface area (Å²) in [6.07, 6.45) is 1.80. The zero-order valence-corrected chi connectivity index (χ0v) is 9.40. The molecule has 1 aromatic heterocycles. The molecule has 0 aliphatic rings. The number of aromatic nitrogens is 1. The summed E-state index contributed by atoms with van der Waals surface area (Å²) < 4.78 is 0. The van der Waals surface area contributed by atoms with Gasteiger partial charge in [0.1, 0.15) is 5.82 Å². The number of pyridine rings is 1. The van der Waals surface area contributed by atoms with Gasteiger partial charge < -0.3 is 10.4 Å². The van der Waals surface area contributed by atoms with Crippen LogP contribution in [-0.2, 0) is 6.54 Å². The molecule has 0 fully saturated rings. The van der Waals surface area contributed by atoms with Crippen LogP contribution in [0.5, 0.6) is 0 Å². The van der Waals surface area contributed by atoms with E-state index in [1.54, 1.807) is 6.20 Å². The highest BCUT2D eigenvalue weighted by Gasteiger charge is 2.03. The van der Waals surface area contributed by atoms with Crippen molar-refractivity contribution in [1.29, 1.82) is 0 Å². The maximum atomic E-state index is 8.88. The predicted molar refractivity (Wildman–Crippen MR) is 61.8 cm³/mol. The average molecular weight is 209 g/mol. The average Bonchev–Trinajstić information content (AvgIpc) is 2.29. The highest BCUT2D eigenvalue weighted by molar-refractivity contribution is 5.36. The van der Waals surface area contributed by atoms with Crippen LogP contribution in [0, 0.1) is 0 Å². The summed E-state index contributed by atoms with van der Waals surface area (Å²) in [4.78, 5) is 6.35. The lowest BCUT2D eigenvalue weighted by atomic mass is 10.2. The van der Waals surface area contributed by atoms with E-state index in [2.05, 4.69) is 22.1 Å². The van der Waals surface area contributed by atoms with Gasteiger partial charge in [0.2, 0.25) is 0 Å². The Balaban J connectivity index is 2.61. The van der Waals surface area contributed by atoms with Gasteiger partial charge in [0.25, 0.3) is 0 Å². The van der Waals surface area contributed by atoms with E-state index < -0.39 is 0 Å². The number of likely N-dealkylation sites (N-methyl/N-ethyl adjacent to an activating group) is 1. The molecule has 84 valence electrons. The summed E-state index contributed by atoms with van der Waals surface area (Å²) in [5.41, 5.74) is 1.21. The second-order valence-electron chi connectivity index (χ2n) is 3.39. The van der Waals surface area contributed by atoms with Crippen LogP contribution in [0.15, 0.2) is 18.3 Å². The minimum atomic E-state index is 0.206. The number of nitrogens with one attached hydrogen (secondary N) is 1. The van der Waals surface area contributed by atoms with Crippen molar-refractivity contribution in [3.05, 3.63) is 23.9 Å². The van der Waals surface area contributed by atoms with Gasteiger partial charge in [-0.2, -0.15) is 0 Å². The topological polar surface area (TPSA) is 48.4 Å². The second kappa shape index (κ2) is 6.37. The molecule has 15 heavy (non-hydrogen) atoms. The summed E-state index contributed by atoms with van der Waals surface area (Å²) in [6, 6.07) is 4.03. The van der Waals surface area contributed by atoms with E-state index in [4.69, 9.17) is 5.11 Å². The monoisotopic (exact) mass is 209 g/mol. The van der Waals surface area contributed by atoms with Crippen LogP contribution in [0.4, 0.5) is 5.82 Å². The third kappa shape index (κ3) is 3.85. The zero-order valence-electron chi connectivity index (χ0n) is 9.40. The Morgan fingerprint density at radius 1 is 1.53 bits per heavy atom. The van der Waals surface area contributed by atoms with Gasteiger partial charge in [0.15, 0.2) is 0 Å².